The highest BCUT2D eigenvalue weighted by atomic mass is 15.5. The summed E-state index contributed by atoms with van der Waals surface area (Å²) in [6.07, 6.45) is 6.34. The van der Waals surface area contributed by atoms with Gasteiger partial charge in [-0.2, -0.15) is 10.3 Å². The SMILES string of the molecule is CCCCCCn1nc(Cc2ccccc2)nc1Cc1ccc(-c2ccccc2-c2nn[nH]n2)cc1. The zero-order valence-electron chi connectivity index (χ0n) is 20.6. The molecule has 0 saturated heterocycles. The second-order valence-corrected chi connectivity index (χ2v) is 9.05. The molecule has 0 aliphatic rings. The highest BCUT2D eigenvalue weighted by Crippen LogP contribution is 2.30. The predicted octanol–water partition coefficient (Wildman–Crippen LogP) is 5.89. The number of nitrogens with zero attached hydrogens (tertiary/aromatic N) is 6. The molecule has 2 aromatic heterocycles. The van der Waals surface area contributed by atoms with Crippen LogP contribution >= 0.6 is 0 Å². The molecule has 0 amide bonds. The molecule has 182 valence electrons. The number of hydrogen-bond acceptors (Lipinski definition) is 5. The average Bonchev–Trinajstić information content (AvgIpc) is 3.58. The molecule has 3 aromatic carbocycles. The fourth-order valence-electron chi connectivity index (χ4n) is 4.47. The van der Waals surface area contributed by atoms with Crippen molar-refractivity contribution in [1.29, 1.82) is 0 Å². The van der Waals surface area contributed by atoms with Crippen LogP contribution in [0.15, 0.2) is 78.9 Å². The molecule has 0 unspecified atom stereocenters. The molecule has 7 nitrogen and oxygen atoms in total. The van der Waals surface area contributed by atoms with Crippen molar-refractivity contribution >= 4 is 0 Å². The van der Waals surface area contributed by atoms with Gasteiger partial charge in [-0.15, -0.1) is 10.2 Å². The minimum Gasteiger partial charge on any atom is -0.249 e. The lowest BCUT2D eigenvalue weighted by Crippen LogP contribution is -2.07. The summed E-state index contributed by atoms with van der Waals surface area (Å²) >= 11 is 0. The molecule has 0 aliphatic carbocycles. The lowest BCUT2D eigenvalue weighted by molar-refractivity contribution is 0.522. The summed E-state index contributed by atoms with van der Waals surface area (Å²) in [5.41, 5.74) is 5.59. The van der Waals surface area contributed by atoms with Crippen molar-refractivity contribution < 1.29 is 0 Å². The van der Waals surface area contributed by atoms with Crippen LogP contribution < -0.4 is 0 Å². The van der Waals surface area contributed by atoms with Crippen LogP contribution in [0.3, 0.4) is 0 Å². The van der Waals surface area contributed by atoms with Gasteiger partial charge in [-0.05, 0) is 33.9 Å². The highest BCUT2D eigenvalue weighted by Gasteiger charge is 2.13. The molecule has 5 rings (SSSR count). The van der Waals surface area contributed by atoms with Gasteiger partial charge in [0.1, 0.15) is 5.82 Å². The van der Waals surface area contributed by atoms with Crippen molar-refractivity contribution in [2.75, 3.05) is 0 Å². The molecule has 0 radical (unpaired) electrons. The van der Waals surface area contributed by atoms with Crippen molar-refractivity contribution in [3.05, 3.63) is 102 Å². The molecule has 7 heteroatoms. The van der Waals surface area contributed by atoms with Crippen LogP contribution in [0.1, 0.15) is 55.4 Å². The Morgan fingerprint density at radius 2 is 1.50 bits per heavy atom. The third-order valence-electron chi connectivity index (χ3n) is 6.36. The molecular formula is C29H31N7. The Hall–Kier alpha value is -4.13. The van der Waals surface area contributed by atoms with Gasteiger partial charge in [0.15, 0.2) is 5.82 Å². The van der Waals surface area contributed by atoms with Crippen LogP contribution in [0.5, 0.6) is 0 Å². The smallest absolute Gasteiger partial charge is 0.205 e. The maximum atomic E-state index is 4.95. The third kappa shape index (κ3) is 5.74. The fraction of sp³-hybridized carbons (Fsp3) is 0.276. The second-order valence-electron chi connectivity index (χ2n) is 9.05. The number of aryl methyl sites for hydroxylation is 1. The van der Waals surface area contributed by atoms with Gasteiger partial charge in [0.2, 0.25) is 5.82 Å². The third-order valence-corrected chi connectivity index (χ3v) is 6.36. The summed E-state index contributed by atoms with van der Waals surface area (Å²) in [6.45, 7) is 3.15. The number of aromatic amines is 1. The van der Waals surface area contributed by atoms with Crippen molar-refractivity contribution in [3.8, 4) is 22.5 Å². The summed E-state index contributed by atoms with van der Waals surface area (Å²) in [4.78, 5) is 4.95. The van der Waals surface area contributed by atoms with E-state index in [9.17, 15) is 0 Å². The summed E-state index contributed by atoms with van der Waals surface area (Å²) in [5.74, 6) is 2.51. The van der Waals surface area contributed by atoms with E-state index in [1.54, 1.807) is 0 Å². The molecule has 0 aliphatic heterocycles. The van der Waals surface area contributed by atoms with Gasteiger partial charge in [-0.3, -0.25) is 0 Å². The highest BCUT2D eigenvalue weighted by molar-refractivity contribution is 5.80. The topological polar surface area (TPSA) is 85.2 Å². The molecule has 0 atom stereocenters. The summed E-state index contributed by atoms with van der Waals surface area (Å²) < 4.78 is 2.12. The molecule has 0 saturated carbocycles. The summed E-state index contributed by atoms with van der Waals surface area (Å²) in [6, 6.07) is 27.2. The summed E-state index contributed by atoms with van der Waals surface area (Å²) in [7, 11) is 0. The standard InChI is InChI=1S/C29H31N7/c1-2-3-4-10-19-36-28(30-27(33-36)20-22-11-6-5-7-12-22)21-23-15-17-24(18-16-23)25-13-8-9-14-26(25)29-31-34-35-32-29/h5-9,11-18H,2-4,10,19-21H2,1H3,(H,31,32,34,35). The monoisotopic (exact) mass is 477 g/mol. The average molecular weight is 478 g/mol. The quantitative estimate of drug-likeness (QED) is 0.240. The van der Waals surface area contributed by atoms with Gasteiger partial charge < -0.3 is 0 Å². The van der Waals surface area contributed by atoms with E-state index in [4.69, 9.17) is 10.1 Å². The van der Waals surface area contributed by atoms with Crippen molar-refractivity contribution in [1.82, 2.24) is 35.4 Å². The minimum absolute atomic E-state index is 0.594. The van der Waals surface area contributed by atoms with Crippen LogP contribution in [0, 0.1) is 0 Å². The van der Waals surface area contributed by atoms with Gasteiger partial charge >= 0.3 is 0 Å². The maximum Gasteiger partial charge on any atom is 0.205 e. The number of hydrogen-bond donors (Lipinski definition) is 1. The van der Waals surface area contributed by atoms with E-state index in [0.717, 1.165) is 54.1 Å². The van der Waals surface area contributed by atoms with Gasteiger partial charge in [0.25, 0.3) is 0 Å². The number of tetrazole rings is 1. The minimum atomic E-state index is 0.594. The lowest BCUT2D eigenvalue weighted by atomic mass is 9.98. The predicted molar refractivity (Wildman–Crippen MR) is 141 cm³/mol. The number of H-pyrrole nitrogens is 1. The van der Waals surface area contributed by atoms with E-state index < -0.39 is 0 Å². The fourth-order valence-corrected chi connectivity index (χ4v) is 4.47. The number of unbranched alkanes of at least 4 members (excludes halogenated alkanes) is 3. The zero-order valence-corrected chi connectivity index (χ0v) is 20.6. The Morgan fingerprint density at radius 1 is 0.750 bits per heavy atom. The van der Waals surface area contributed by atoms with Gasteiger partial charge in [-0.1, -0.05) is 105 Å². The number of aromatic nitrogens is 7. The normalized spacial score (nSPS) is 11.1. The Bertz CT molecular complexity index is 1360. The number of benzene rings is 3. The van der Waals surface area contributed by atoms with E-state index in [0.29, 0.717) is 5.82 Å². The number of nitrogens with one attached hydrogen (secondary N) is 1. The van der Waals surface area contributed by atoms with Crippen LogP contribution in [0.4, 0.5) is 0 Å². The Morgan fingerprint density at radius 3 is 2.25 bits per heavy atom. The first kappa shape index (κ1) is 23.6. The Balaban J connectivity index is 1.36. The Labute approximate surface area is 211 Å². The molecule has 2 heterocycles. The van der Waals surface area contributed by atoms with Gasteiger partial charge in [0.05, 0.1) is 0 Å². The van der Waals surface area contributed by atoms with E-state index in [1.807, 2.05) is 24.3 Å². The number of rotatable bonds is 11. The second kappa shape index (κ2) is 11.5. The molecule has 0 bridgehead atoms. The Kier molecular flexibility index (Phi) is 7.56. The zero-order chi connectivity index (χ0) is 24.6. The van der Waals surface area contributed by atoms with Crippen molar-refractivity contribution in [3.63, 3.8) is 0 Å². The van der Waals surface area contributed by atoms with Crippen LogP contribution in [-0.4, -0.2) is 35.4 Å². The first-order valence-electron chi connectivity index (χ1n) is 12.7. The van der Waals surface area contributed by atoms with Gasteiger partial charge in [0, 0.05) is 24.9 Å². The van der Waals surface area contributed by atoms with E-state index >= 15 is 0 Å². The molecule has 1 N–H and O–H groups in total. The van der Waals surface area contributed by atoms with Crippen molar-refractivity contribution in [2.24, 2.45) is 0 Å². The molecule has 5 aromatic rings. The maximum absolute atomic E-state index is 4.95. The van der Waals surface area contributed by atoms with E-state index in [1.165, 1.54) is 30.4 Å². The molecule has 36 heavy (non-hydrogen) atoms. The van der Waals surface area contributed by atoms with Crippen LogP contribution in [0.25, 0.3) is 22.5 Å². The van der Waals surface area contributed by atoms with Crippen molar-refractivity contribution in [2.45, 2.75) is 52.0 Å². The van der Waals surface area contributed by atoms with E-state index in [-0.39, 0.29) is 0 Å². The molecule has 0 spiro atoms. The molecular weight excluding hydrogens is 446 g/mol. The van der Waals surface area contributed by atoms with E-state index in [2.05, 4.69) is 86.8 Å². The first-order valence-corrected chi connectivity index (χ1v) is 12.7. The first-order chi connectivity index (χ1) is 17.8. The summed E-state index contributed by atoms with van der Waals surface area (Å²) in [5, 5.41) is 19.5. The molecule has 0 fully saturated rings. The van der Waals surface area contributed by atoms with Gasteiger partial charge in [-0.25, -0.2) is 9.67 Å². The lowest BCUT2D eigenvalue weighted by Gasteiger charge is -2.09. The van der Waals surface area contributed by atoms with Crippen LogP contribution in [-0.2, 0) is 19.4 Å². The van der Waals surface area contributed by atoms with Crippen LogP contribution in [0.2, 0.25) is 0 Å². The largest absolute Gasteiger partial charge is 0.249 e.